The van der Waals surface area contributed by atoms with Crippen LogP contribution in [0.15, 0.2) is 48.1 Å². The zero-order chi connectivity index (χ0) is 16.2. The molecule has 0 radical (unpaired) electrons. The number of hydrogen-bond donors (Lipinski definition) is 1. The van der Waals surface area contributed by atoms with E-state index in [2.05, 4.69) is 15.3 Å². The molecule has 1 aromatic carbocycles. The number of benzene rings is 1. The first-order valence-corrected chi connectivity index (χ1v) is 7.97. The number of nitrogens with zero attached hydrogens (tertiary/aromatic N) is 2. The molecular formula is C16H11ClFN3OS. The first kappa shape index (κ1) is 15.6. The molecule has 7 heteroatoms. The van der Waals surface area contributed by atoms with Gasteiger partial charge in [0.15, 0.2) is 0 Å². The van der Waals surface area contributed by atoms with Crippen LogP contribution in [0, 0.1) is 5.82 Å². The number of halogens is 2. The van der Waals surface area contributed by atoms with Crippen molar-refractivity contribution < 1.29 is 9.18 Å². The number of rotatable bonds is 4. The van der Waals surface area contributed by atoms with Gasteiger partial charge in [0.1, 0.15) is 10.8 Å². The standard InChI is InChI=1S/C16H11ClFN3OS/c17-13-6-11(3-4-14(13)18)20-15(22)7-12-9-23-16(21-12)10-2-1-5-19-8-10/h1-6,8-9H,7H2,(H,20,22). The lowest BCUT2D eigenvalue weighted by Crippen LogP contribution is -2.14. The normalized spacial score (nSPS) is 10.5. The van der Waals surface area contributed by atoms with Gasteiger partial charge in [-0.2, -0.15) is 0 Å². The van der Waals surface area contributed by atoms with Gasteiger partial charge < -0.3 is 5.32 Å². The van der Waals surface area contributed by atoms with Crippen LogP contribution < -0.4 is 5.32 Å². The maximum absolute atomic E-state index is 13.1. The third-order valence-electron chi connectivity index (χ3n) is 3.01. The van der Waals surface area contributed by atoms with Crippen molar-refractivity contribution in [2.24, 2.45) is 0 Å². The van der Waals surface area contributed by atoms with Gasteiger partial charge in [-0.25, -0.2) is 9.37 Å². The maximum Gasteiger partial charge on any atom is 0.230 e. The van der Waals surface area contributed by atoms with Gasteiger partial charge in [0.25, 0.3) is 0 Å². The van der Waals surface area contributed by atoms with Crippen molar-refractivity contribution in [1.82, 2.24) is 9.97 Å². The first-order valence-electron chi connectivity index (χ1n) is 6.71. The van der Waals surface area contributed by atoms with Crippen molar-refractivity contribution in [1.29, 1.82) is 0 Å². The number of carbonyl (C=O) groups excluding carboxylic acids is 1. The maximum atomic E-state index is 13.1. The van der Waals surface area contributed by atoms with Crippen molar-refractivity contribution in [3.63, 3.8) is 0 Å². The Kier molecular flexibility index (Phi) is 4.64. The van der Waals surface area contributed by atoms with Gasteiger partial charge in [0.05, 0.1) is 17.1 Å². The molecule has 0 unspecified atom stereocenters. The second-order valence-electron chi connectivity index (χ2n) is 4.74. The van der Waals surface area contributed by atoms with Crippen LogP contribution >= 0.6 is 22.9 Å². The Labute approximate surface area is 141 Å². The van der Waals surface area contributed by atoms with Crippen LogP contribution in [0.4, 0.5) is 10.1 Å². The van der Waals surface area contributed by atoms with Gasteiger partial charge in [0, 0.05) is 29.0 Å². The molecule has 3 rings (SSSR count). The van der Waals surface area contributed by atoms with Gasteiger partial charge in [-0.1, -0.05) is 11.6 Å². The van der Waals surface area contributed by atoms with Crippen LogP contribution in [0.5, 0.6) is 0 Å². The molecule has 0 fully saturated rings. The average Bonchev–Trinajstić information content (AvgIpc) is 3.00. The smallest absolute Gasteiger partial charge is 0.230 e. The number of thiazole rings is 1. The van der Waals surface area contributed by atoms with E-state index in [0.29, 0.717) is 11.4 Å². The van der Waals surface area contributed by atoms with Gasteiger partial charge in [-0.05, 0) is 30.3 Å². The number of carbonyl (C=O) groups is 1. The number of nitrogens with one attached hydrogen (secondary N) is 1. The molecule has 1 N–H and O–H groups in total. The summed E-state index contributed by atoms with van der Waals surface area (Å²) >= 11 is 7.14. The summed E-state index contributed by atoms with van der Waals surface area (Å²) in [5, 5.41) is 5.28. The van der Waals surface area contributed by atoms with Gasteiger partial charge in [0.2, 0.25) is 5.91 Å². The highest BCUT2D eigenvalue weighted by atomic mass is 35.5. The molecule has 0 aliphatic heterocycles. The van der Waals surface area contributed by atoms with Crippen molar-refractivity contribution in [3.05, 3.63) is 64.6 Å². The van der Waals surface area contributed by atoms with E-state index in [0.717, 1.165) is 10.6 Å². The monoisotopic (exact) mass is 347 g/mol. The predicted molar refractivity (Wildman–Crippen MR) is 89.1 cm³/mol. The summed E-state index contributed by atoms with van der Waals surface area (Å²) in [5.41, 5.74) is 2.03. The molecule has 0 atom stereocenters. The molecule has 2 aromatic heterocycles. The summed E-state index contributed by atoms with van der Waals surface area (Å²) in [4.78, 5) is 20.5. The topological polar surface area (TPSA) is 54.9 Å². The van der Waals surface area contributed by atoms with Crippen LogP contribution in [-0.4, -0.2) is 15.9 Å². The van der Waals surface area contributed by atoms with E-state index in [9.17, 15) is 9.18 Å². The predicted octanol–water partition coefficient (Wildman–Crippen LogP) is 4.18. The molecule has 4 nitrogen and oxygen atoms in total. The van der Waals surface area contributed by atoms with E-state index in [4.69, 9.17) is 11.6 Å². The Balaban J connectivity index is 1.66. The summed E-state index contributed by atoms with van der Waals surface area (Å²) in [6, 6.07) is 7.79. The Morgan fingerprint density at radius 3 is 2.96 bits per heavy atom. The lowest BCUT2D eigenvalue weighted by atomic mass is 10.2. The minimum Gasteiger partial charge on any atom is -0.326 e. The van der Waals surface area contributed by atoms with Gasteiger partial charge in [-0.3, -0.25) is 9.78 Å². The largest absolute Gasteiger partial charge is 0.326 e. The van der Waals surface area contributed by atoms with Gasteiger partial charge >= 0.3 is 0 Å². The molecule has 3 aromatic rings. The minimum absolute atomic E-state index is 0.0321. The highest BCUT2D eigenvalue weighted by Crippen LogP contribution is 2.23. The molecule has 0 bridgehead atoms. The Morgan fingerprint density at radius 2 is 2.22 bits per heavy atom. The van der Waals surface area contributed by atoms with E-state index in [-0.39, 0.29) is 17.4 Å². The summed E-state index contributed by atoms with van der Waals surface area (Å²) in [6.45, 7) is 0. The van der Waals surface area contributed by atoms with Gasteiger partial charge in [-0.15, -0.1) is 11.3 Å². The highest BCUT2D eigenvalue weighted by Gasteiger charge is 2.10. The van der Waals surface area contributed by atoms with E-state index in [1.165, 1.54) is 29.5 Å². The molecule has 23 heavy (non-hydrogen) atoms. The lowest BCUT2D eigenvalue weighted by molar-refractivity contribution is -0.115. The second-order valence-corrected chi connectivity index (χ2v) is 6.00. The minimum atomic E-state index is -0.523. The van der Waals surface area contributed by atoms with Crippen molar-refractivity contribution in [3.8, 4) is 10.6 Å². The fraction of sp³-hybridized carbons (Fsp3) is 0.0625. The molecule has 0 saturated carbocycles. The quantitative estimate of drug-likeness (QED) is 0.770. The van der Waals surface area contributed by atoms with Crippen molar-refractivity contribution in [2.75, 3.05) is 5.32 Å². The SMILES string of the molecule is O=C(Cc1csc(-c2cccnc2)n1)Nc1ccc(F)c(Cl)c1. The fourth-order valence-electron chi connectivity index (χ4n) is 1.95. The Morgan fingerprint density at radius 1 is 1.35 bits per heavy atom. The lowest BCUT2D eigenvalue weighted by Gasteiger charge is -2.04. The summed E-state index contributed by atoms with van der Waals surface area (Å²) in [6.07, 6.45) is 3.55. The third-order valence-corrected chi connectivity index (χ3v) is 4.24. The summed E-state index contributed by atoms with van der Waals surface area (Å²) < 4.78 is 13.1. The zero-order valence-electron chi connectivity index (χ0n) is 11.8. The van der Waals surface area contributed by atoms with E-state index in [1.807, 2.05) is 17.5 Å². The highest BCUT2D eigenvalue weighted by molar-refractivity contribution is 7.13. The number of amides is 1. The first-order chi connectivity index (χ1) is 11.1. The molecular weight excluding hydrogens is 337 g/mol. The van der Waals surface area contributed by atoms with Crippen LogP contribution in [-0.2, 0) is 11.2 Å². The Bertz CT molecular complexity index is 838. The molecule has 2 heterocycles. The zero-order valence-corrected chi connectivity index (χ0v) is 13.4. The molecule has 0 aliphatic carbocycles. The van der Waals surface area contributed by atoms with E-state index >= 15 is 0 Å². The average molecular weight is 348 g/mol. The number of hydrogen-bond acceptors (Lipinski definition) is 4. The molecule has 0 spiro atoms. The van der Waals surface area contributed by atoms with Crippen LogP contribution in [0.25, 0.3) is 10.6 Å². The van der Waals surface area contributed by atoms with Crippen LogP contribution in [0.1, 0.15) is 5.69 Å². The fourth-order valence-corrected chi connectivity index (χ4v) is 2.94. The molecule has 0 saturated heterocycles. The number of pyridine rings is 1. The Hall–Kier alpha value is -2.31. The second kappa shape index (κ2) is 6.85. The molecule has 1 amide bonds. The van der Waals surface area contributed by atoms with Crippen LogP contribution in [0.3, 0.4) is 0 Å². The van der Waals surface area contributed by atoms with E-state index < -0.39 is 5.82 Å². The van der Waals surface area contributed by atoms with Crippen molar-refractivity contribution in [2.45, 2.75) is 6.42 Å². The third kappa shape index (κ3) is 3.91. The summed E-state index contributed by atoms with van der Waals surface area (Å²) in [7, 11) is 0. The summed E-state index contributed by atoms with van der Waals surface area (Å²) in [5.74, 6) is -0.763. The van der Waals surface area contributed by atoms with Crippen molar-refractivity contribution >= 4 is 34.5 Å². The molecule has 0 aliphatic rings. The number of anilines is 1. The number of aromatic nitrogens is 2. The van der Waals surface area contributed by atoms with E-state index in [1.54, 1.807) is 12.4 Å². The van der Waals surface area contributed by atoms with Crippen LogP contribution in [0.2, 0.25) is 5.02 Å². The molecule has 116 valence electrons.